The second-order valence-corrected chi connectivity index (χ2v) is 8.49. The van der Waals surface area contributed by atoms with Gasteiger partial charge in [0, 0.05) is 28.1 Å². The van der Waals surface area contributed by atoms with Gasteiger partial charge in [0.25, 0.3) is 5.22 Å². The lowest BCUT2D eigenvalue weighted by atomic mass is 10.1. The fraction of sp³-hybridized carbons (Fsp3) is 0.100. The van der Waals surface area contributed by atoms with Gasteiger partial charge in [0.05, 0.1) is 5.75 Å². The third kappa shape index (κ3) is 5.44. The molecule has 0 radical (unpaired) electrons. The lowest BCUT2D eigenvalue weighted by Gasteiger charge is -1.99. The number of carbonyl (C=O) groups excluding carboxylic acids is 1. The molecule has 4 aromatic rings. The quantitative estimate of drug-likeness (QED) is 0.398. The molecule has 29 heavy (non-hydrogen) atoms. The summed E-state index contributed by atoms with van der Waals surface area (Å²) in [6.45, 7) is 0. The molecular weight excluding hydrogens is 428 g/mol. The summed E-state index contributed by atoms with van der Waals surface area (Å²) >= 11 is 8.52. The molecule has 2 aromatic heterocycles. The van der Waals surface area contributed by atoms with Gasteiger partial charge in [0.2, 0.25) is 11.8 Å². The number of benzene rings is 2. The van der Waals surface area contributed by atoms with Crippen LogP contribution in [0, 0.1) is 0 Å². The zero-order chi connectivity index (χ0) is 20.1. The van der Waals surface area contributed by atoms with Crippen LogP contribution in [-0.4, -0.2) is 26.8 Å². The zero-order valence-corrected chi connectivity index (χ0v) is 17.4. The maximum Gasteiger partial charge on any atom is 0.277 e. The van der Waals surface area contributed by atoms with Gasteiger partial charge in [-0.15, -0.1) is 21.5 Å². The van der Waals surface area contributed by atoms with Crippen molar-refractivity contribution in [1.29, 1.82) is 0 Å². The van der Waals surface area contributed by atoms with E-state index in [9.17, 15) is 4.79 Å². The van der Waals surface area contributed by atoms with Crippen LogP contribution >= 0.6 is 34.7 Å². The molecule has 0 unspecified atom stereocenters. The van der Waals surface area contributed by atoms with Gasteiger partial charge in [-0.3, -0.25) is 4.79 Å². The molecule has 0 atom stereocenters. The number of thiazole rings is 1. The Morgan fingerprint density at radius 1 is 1.10 bits per heavy atom. The van der Waals surface area contributed by atoms with E-state index in [1.165, 1.54) is 28.7 Å². The van der Waals surface area contributed by atoms with Crippen molar-refractivity contribution in [3.05, 3.63) is 76.3 Å². The van der Waals surface area contributed by atoms with Crippen LogP contribution in [0.4, 0.5) is 5.13 Å². The molecule has 0 aliphatic heterocycles. The van der Waals surface area contributed by atoms with Gasteiger partial charge >= 0.3 is 0 Å². The summed E-state index contributed by atoms with van der Waals surface area (Å²) in [6.07, 6.45) is 2.58. The summed E-state index contributed by atoms with van der Waals surface area (Å²) in [7, 11) is 0. The fourth-order valence-corrected chi connectivity index (χ4v) is 4.06. The Labute approximate surface area is 180 Å². The van der Waals surface area contributed by atoms with E-state index in [2.05, 4.69) is 32.6 Å². The van der Waals surface area contributed by atoms with Crippen molar-refractivity contribution in [2.45, 2.75) is 11.6 Å². The molecule has 0 bridgehead atoms. The van der Waals surface area contributed by atoms with Crippen LogP contribution in [-0.2, 0) is 11.2 Å². The Morgan fingerprint density at radius 3 is 2.69 bits per heavy atom. The fourth-order valence-electron chi connectivity index (χ4n) is 2.50. The smallest absolute Gasteiger partial charge is 0.277 e. The number of halogens is 1. The molecule has 2 heterocycles. The second-order valence-electron chi connectivity index (χ2n) is 6.01. The average molecular weight is 443 g/mol. The van der Waals surface area contributed by atoms with E-state index in [0.29, 0.717) is 21.3 Å². The standard InChI is InChI=1S/C20H15ClN4O2S2/c21-15-8-6-14(7-9-15)18-24-25-20(27-18)28-12-17(26)23-19-22-11-16(29-19)10-13-4-2-1-3-5-13/h1-9,11H,10,12H2,(H,22,23,26). The first-order valence-electron chi connectivity index (χ1n) is 8.66. The largest absolute Gasteiger partial charge is 0.411 e. The highest BCUT2D eigenvalue weighted by atomic mass is 35.5. The Morgan fingerprint density at radius 2 is 1.90 bits per heavy atom. The second kappa shape index (κ2) is 9.21. The Bertz CT molecular complexity index is 1100. The van der Waals surface area contributed by atoms with E-state index in [1.54, 1.807) is 30.5 Å². The van der Waals surface area contributed by atoms with Crippen LogP contribution in [0.5, 0.6) is 0 Å². The molecule has 0 saturated carbocycles. The summed E-state index contributed by atoms with van der Waals surface area (Å²) in [5.41, 5.74) is 1.98. The number of nitrogens with zero attached hydrogens (tertiary/aromatic N) is 3. The zero-order valence-electron chi connectivity index (χ0n) is 15.0. The van der Waals surface area contributed by atoms with E-state index in [-0.39, 0.29) is 11.7 Å². The first-order chi connectivity index (χ1) is 14.2. The van der Waals surface area contributed by atoms with E-state index < -0.39 is 0 Å². The van der Waals surface area contributed by atoms with Crippen LogP contribution < -0.4 is 5.32 Å². The number of nitrogens with one attached hydrogen (secondary N) is 1. The highest BCUT2D eigenvalue weighted by Gasteiger charge is 2.12. The van der Waals surface area contributed by atoms with Crippen LogP contribution in [0.15, 0.2) is 70.4 Å². The van der Waals surface area contributed by atoms with E-state index in [4.69, 9.17) is 16.0 Å². The van der Waals surface area contributed by atoms with Gasteiger partial charge in [-0.25, -0.2) is 4.98 Å². The highest BCUT2D eigenvalue weighted by Crippen LogP contribution is 2.25. The minimum atomic E-state index is -0.179. The van der Waals surface area contributed by atoms with Crippen LogP contribution in [0.25, 0.3) is 11.5 Å². The summed E-state index contributed by atoms with van der Waals surface area (Å²) in [4.78, 5) is 17.6. The molecule has 6 nitrogen and oxygen atoms in total. The number of aromatic nitrogens is 3. The minimum absolute atomic E-state index is 0.149. The van der Waals surface area contributed by atoms with Gasteiger partial charge in [0.15, 0.2) is 5.13 Å². The summed E-state index contributed by atoms with van der Waals surface area (Å²) < 4.78 is 5.59. The summed E-state index contributed by atoms with van der Waals surface area (Å²) in [6, 6.07) is 17.2. The topological polar surface area (TPSA) is 80.9 Å². The third-order valence-electron chi connectivity index (χ3n) is 3.85. The Hall–Kier alpha value is -2.68. The molecule has 0 fully saturated rings. The number of hydrogen-bond donors (Lipinski definition) is 1. The number of rotatable bonds is 7. The van der Waals surface area contributed by atoms with Crippen molar-refractivity contribution in [2.24, 2.45) is 0 Å². The molecule has 0 aliphatic rings. The predicted molar refractivity (Wildman–Crippen MR) is 115 cm³/mol. The Kier molecular flexibility index (Phi) is 6.24. The first-order valence-corrected chi connectivity index (χ1v) is 10.8. The highest BCUT2D eigenvalue weighted by molar-refractivity contribution is 7.99. The molecule has 2 aromatic carbocycles. The minimum Gasteiger partial charge on any atom is -0.411 e. The maximum atomic E-state index is 12.2. The molecule has 1 N–H and O–H groups in total. The van der Waals surface area contributed by atoms with Crippen molar-refractivity contribution < 1.29 is 9.21 Å². The van der Waals surface area contributed by atoms with Crippen LogP contribution in [0.2, 0.25) is 5.02 Å². The molecule has 146 valence electrons. The monoisotopic (exact) mass is 442 g/mol. The van der Waals surface area contributed by atoms with Crippen LogP contribution in [0.1, 0.15) is 10.4 Å². The van der Waals surface area contributed by atoms with Crippen LogP contribution in [0.3, 0.4) is 0 Å². The number of amides is 1. The molecule has 0 saturated heterocycles. The molecule has 9 heteroatoms. The number of hydrogen-bond acceptors (Lipinski definition) is 7. The van der Waals surface area contributed by atoms with Gasteiger partial charge in [-0.1, -0.05) is 53.7 Å². The molecule has 4 rings (SSSR count). The van der Waals surface area contributed by atoms with Gasteiger partial charge in [-0.2, -0.15) is 0 Å². The lowest BCUT2D eigenvalue weighted by Crippen LogP contribution is -2.13. The van der Waals surface area contributed by atoms with Gasteiger partial charge in [0.1, 0.15) is 0 Å². The first kappa shape index (κ1) is 19.6. The SMILES string of the molecule is O=C(CSc1nnc(-c2ccc(Cl)cc2)o1)Nc1ncc(Cc2ccccc2)s1. The number of thioether (sulfide) groups is 1. The van der Waals surface area contributed by atoms with Crippen molar-refractivity contribution in [1.82, 2.24) is 15.2 Å². The van der Waals surface area contributed by atoms with Crippen molar-refractivity contribution in [3.63, 3.8) is 0 Å². The Balaban J connectivity index is 1.29. The summed E-state index contributed by atoms with van der Waals surface area (Å²) in [5.74, 6) is 0.354. The molecular formula is C20H15ClN4O2S2. The predicted octanol–water partition coefficient (Wildman–Crippen LogP) is 5.17. The van der Waals surface area contributed by atoms with E-state index in [1.807, 2.05) is 18.2 Å². The van der Waals surface area contributed by atoms with Crippen molar-refractivity contribution in [3.8, 4) is 11.5 Å². The lowest BCUT2D eigenvalue weighted by molar-refractivity contribution is -0.113. The number of anilines is 1. The number of carbonyl (C=O) groups is 1. The average Bonchev–Trinajstić information content (AvgIpc) is 3.37. The normalized spacial score (nSPS) is 10.8. The molecule has 1 amide bonds. The summed E-state index contributed by atoms with van der Waals surface area (Å²) in [5, 5.41) is 12.3. The van der Waals surface area contributed by atoms with E-state index in [0.717, 1.165) is 16.9 Å². The third-order valence-corrected chi connectivity index (χ3v) is 5.83. The van der Waals surface area contributed by atoms with E-state index >= 15 is 0 Å². The van der Waals surface area contributed by atoms with Gasteiger partial charge in [-0.05, 0) is 29.8 Å². The van der Waals surface area contributed by atoms with Crippen molar-refractivity contribution >= 4 is 45.7 Å². The molecule has 0 spiro atoms. The molecule has 0 aliphatic carbocycles. The van der Waals surface area contributed by atoms with Crippen molar-refractivity contribution in [2.75, 3.05) is 11.1 Å². The maximum absolute atomic E-state index is 12.2. The van der Waals surface area contributed by atoms with Gasteiger partial charge < -0.3 is 9.73 Å².